The van der Waals surface area contributed by atoms with E-state index in [2.05, 4.69) is 37.7 Å². The Morgan fingerprint density at radius 1 is 1.80 bits per heavy atom. The fourth-order valence-corrected chi connectivity index (χ4v) is 0.643. The number of halogens is 1. The minimum Gasteiger partial charge on any atom is -0.480 e. The van der Waals surface area contributed by atoms with Crippen molar-refractivity contribution in [2.45, 2.75) is 0 Å². The molecule has 3 nitrogen and oxygen atoms in total. The molecule has 0 spiro atoms. The third-order valence-corrected chi connectivity index (χ3v) is 1.13. The van der Waals surface area contributed by atoms with Crippen LogP contribution in [-0.4, -0.2) is 20.4 Å². The lowest BCUT2D eigenvalue weighted by Crippen LogP contribution is -1.70. The number of hydrogen-bond donors (Lipinski definition) is 2. The Hall–Kier alpha value is -0.950. The highest BCUT2D eigenvalue weighted by atomic mass is 79.9. The van der Waals surface area contributed by atoms with Crippen molar-refractivity contribution in [2.24, 2.45) is 0 Å². The molecular weight excluding hydrogens is 196 g/mol. The zero-order valence-corrected chi connectivity index (χ0v) is 6.64. The molecule has 0 bridgehead atoms. The molecule has 0 aliphatic heterocycles. The van der Waals surface area contributed by atoms with Crippen LogP contribution in [0.1, 0.15) is 5.69 Å². The molecule has 4 heteroatoms. The van der Waals surface area contributed by atoms with Crippen molar-refractivity contribution >= 4 is 15.9 Å². The molecule has 0 atom stereocenters. The molecule has 0 aromatic carbocycles. The predicted molar refractivity (Wildman–Crippen MR) is 40.9 cm³/mol. The second-order valence-electron chi connectivity index (χ2n) is 1.56. The van der Waals surface area contributed by atoms with Gasteiger partial charge in [0.2, 0.25) is 0 Å². The van der Waals surface area contributed by atoms with Gasteiger partial charge in [0.05, 0.1) is 11.5 Å². The summed E-state index contributed by atoms with van der Waals surface area (Å²) in [5.74, 6) is 5.50. The number of nitrogens with zero attached hydrogens (tertiary/aromatic N) is 1. The Bertz CT molecular complexity index is 271. The normalized spacial score (nSPS) is 8.50. The van der Waals surface area contributed by atoms with Gasteiger partial charge in [-0.3, -0.25) is 0 Å². The van der Waals surface area contributed by atoms with Crippen LogP contribution >= 0.6 is 15.9 Å². The van der Waals surface area contributed by atoms with E-state index >= 15 is 0 Å². The van der Waals surface area contributed by atoms with Gasteiger partial charge in [0.15, 0.2) is 0 Å². The summed E-state index contributed by atoms with van der Waals surface area (Å²) >= 11 is 3.14. The molecule has 52 valence electrons. The monoisotopic (exact) mass is 200 g/mol. The van der Waals surface area contributed by atoms with Crippen LogP contribution in [0.25, 0.3) is 0 Å². The summed E-state index contributed by atoms with van der Waals surface area (Å²) in [5.41, 5.74) is 0.622. The third-order valence-electron chi connectivity index (χ3n) is 0.852. The van der Waals surface area contributed by atoms with Gasteiger partial charge in [-0.1, -0.05) is 21.9 Å². The first kappa shape index (κ1) is 7.16. The lowest BCUT2D eigenvalue weighted by molar-refractivity contribution is 0.436. The van der Waals surface area contributed by atoms with Crippen molar-refractivity contribution in [3.63, 3.8) is 0 Å². The smallest absolute Gasteiger partial charge is 0.291 e. The second kappa shape index (κ2) is 3.28. The van der Waals surface area contributed by atoms with Gasteiger partial charge in [0.25, 0.3) is 6.01 Å². The average molecular weight is 201 g/mol. The van der Waals surface area contributed by atoms with Crippen LogP contribution in [-0.2, 0) is 0 Å². The number of aromatic amines is 1. The van der Waals surface area contributed by atoms with E-state index in [0.29, 0.717) is 11.0 Å². The van der Waals surface area contributed by atoms with E-state index in [1.54, 1.807) is 0 Å². The Morgan fingerprint density at radius 3 is 3.10 bits per heavy atom. The number of aromatic nitrogens is 2. The third kappa shape index (κ3) is 1.78. The fraction of sp³-hybridized carbons (Fsp3) is 0.167. The number of H-pyrrole nitrogens is 1. The average Bonchev–Trinajstić information content (AvgIpc) is 2.31. The summed E-state index contributed by atoms with van der Waals surface area (Å²) < 4.78 is 0. The van der Waals surface area contributed by atoms with Crippen LogP contribution in [0.4, 0.5) is 0 Å². The molecule has 0 unspecified atom stereocenters. The van der Waals surface area contributed by atoms with E-state index in [9.17, 15) is 0 Å². The van der Waals surface area contributed by atoms with Gasteiger partial charge >= 0.3 is 0 Å². The second-order valence-corrected chi connectivity index (χ2v) is 2.12. The standard InChI is InChI=1S/C6H5BrN2O/c7-3-1-2-5-4-8-6(10)9-5/h4H,3H2,(H2,8,9,10). The van der Waals surface area contributed by atoms with Gasteiger partial charge in [0, 0.05) is 0 Å². The first-order chi connectivity index (χ1) is 4.83. The Kier molecular flexibility index (Phi) is 2.35. The van der Waals surface area contributed by atoms with E-state index in [1.807, 2.05) is 0 Å². The van der Waals surface area contributed by atoms with E-state index in [1.165, 1.54) is 6.20 Å². The van der Waals surface area contributed by atoms with Gasteiger partial charge in [0.1, 0.15) is 5.69 Å². The first-order valence-corrected chi connectivity index (χ1v) is 3.74. The molecule has 0 aliphatic rings. The predicted octanol–water partition coefficient (Wildman–Crippen LogP) is 0.862. The molecule has 0 aliphatic carbocycles. The van der Waals surface area contributed by atoms with E-state index < -0.39 is 0 Å². The van der Waals surface area contributed by atoms with Crippen molar-refractivity contribution in [1.29, 1.82) is 0 Å². The number of hydrogen-bond acceptors (Lipinski definition) is 2. The van der Waals surface area contributed by atoms with Crippen LogP contribution in [0.3, 0.4) is 0 Å². The van der Waals surface area contributed by atoms with Gasteiger partial charge in [-0.2, -0.15) is 0 Å². The summed E-state index contributed by atoms with van der Waals surface area (Å²) in [6.45, 7) is 0. The zero-order chi connectivity index (χ0) is 7.40. The Balaban J connectivity index is 2.76. The number of nitrogens with one attached hydrogen (secondary N) is 1. The van der Waals surface area contributed by atoms with E-state index in [-0.39, 0.29) is 6.01 Å². The number of alkyl halides is 1. The number of rotatable bonds is 0. The minimum absolute atomic E-state index is 0.0983. The molecular formula is C6H5BrN2O. The molecule has 0 saturated carbocycles. The highest BCUT2D eigenvalue weighted by molar-refractivity contribution is 9.09. The van der Waals surface area contributed by atoms with E-state index in [4.69, 9.17) is 5.11 Å². The molecule has 0 radical (unpaired) electrons. The number of aromatic hydroxyl groups is 1. The van der Waals surface area contributed by atoms with Crippen LogP contribution in [0, 0.1) is 11.8 Å². The highest BCUT2D eigenvalue weighted by Gasteiger charge is 1.90. The van der Waals surface area contributed by atoms with Gasteiger partial charge in [-0.05, 0) is 5.92 Å². The minimum atomic E-state index is -0.0983. The topological polar surface area (TPSA) is 48.9 Å². The van der Waals surface area contributed by atoms with Crippen molar-refractivity contribution in [2.75, 3.05) is 5.33 Å². The van der Waals surface area contributed by atoms with Crippen LogP contribution < -0.4 is 0 Å². The summed E-state index contributed by atoms with van der Waals surface area (Å²) in [6, 6.07) is -0.0983. The molecule has 1 heterocycles. The van der Waals surface area contributed by atoms with Crippen molar-refractivity contribution in [3.05, 3.63) is 11.9 Å². The first-order valence-electron chi connectivity index (χ1n) is 2.61. The van der Waals surface area contributed by atoms with Gasteiger partial charge < -0.3 is 10.1 Å². The summed E-state index contributed by atoms with van der Waals surface area (Å²) in [4.78, 5) is 6.11. The molecule has 1 aromatic rings. The SMILES string of the molecule is Oc1ncc(C#CCBr)[nH]1. The quantitative estimate of drug-likeness (QED) is 0.483. The zero-order valence-electron chi connectivity index (χ0n) is 5.06. The van der Waals surface area contributed by atoms with Crippen LogP contribution in [0.15, 0.2) is 6.20 Å². The fourth-order valence-electron chi connectivity index (χ4n) is 0.503. The van der Waals surface area contributed by atoms with Crippen molar-refractivity contribution in [3.8, 4) is 17.9 Å². The summed E-state index contributed by atoms with van der Waals surface area (Å²) in [7, 11) is 0. The van der Waals surface area contributed by atoms with Gasteiger partial charge in [-0.15, -0.1) is 0 Å². The lowest BCUT2D eigenvalue weighted by atomic mass is 10.5. The molecule has 1 rings (SSSR count). The largest absolute Gasteiger partial charge is 0.480 e. The molecule has 0 saturated heterocycles. The van der Waals surface area contributed by atoms with Crippen molar-refractivity contribution < 1.29 is 5.11 Å². The maximum Gasteiger partial charge on any atom is 0.291 e. The number of imidazole rings is 1. The Morgan fingerprint density at radius 2 is 2.60 bits per heavy atom. The molecule has 0 fully saturated rings. The lowest BCUT2D eigenvalue weighted by Gasteiger charge is -1.76. The van der Waals surface area contributed by atoms with Gasteiger partial charge in [-0.25, -0.2) is 4.98 Å². The summed E-state index contributed by atoms with van der Waals surface area (Å²) in [6.07, 6.45) is 1.48. The van der Waals surface area contributed by atoms with Crippen molar-refractivity contribution in [1.82, 2.24) is 9.97 Å². The maximum atomic E-state index is 8.71. The van der Waals surface area contributed by atoms with Crippen LogP contribution in [0.2, 0.25) is 0 Å². The molecule has 2 N–H and O–H groups in total. The molecule has 10 heavy (non-hydrogen) atoms. The molecule has 1 aromatic heterocycles. The summed E-state index contributed by atoms with van der Waals surface area (Å²) in [5, 5.41) is 9.32. The van der Waals surface area contributed by atoms with Crippen LogP contribution in [0.5, 0.6) is 6.01 Å². The maximum absolute atomic E-state index is 8.71. The molecule has 0 amide bonds. The Labute approximate surface area is 66.6 Å². The van der Waals surface area contributed by atoms with E-state index in [0.717, 1.165) is 0 Å². The highest BCUT2D eigenvalue weighted by Crippen LogP contribution is 1.99.